The third-order valence-corrected chi connectivity index (χ3v) is 11.5. The molecule has 242 valence electrons. The van der Waals surface area contributed by atoms with E-state index in [4.69, 9.17) is 38.0 Å². The van der Waals surface area contributed by atoms with E-state index in [1.54, 1.807) is 0 Å². The van der Waals surface area contributed by atoms with E-state index in [-0.39, 0.29) is 31.0 Å². The lowest BCUT2D eigenvalue weighted by atomic mass is 9.84. The molecule has 1 unspecified atom stereocenters. The average Bonchev–Trinajstić information content (AvgIpc) is 3.29. The number of methoxy groups -OCH3 is 1. The summed E-state index contributed by atoms with van der Waals surface area (Å²) in [6.07, 6.45) is -11.2. The van der Waals surface area contributed by atoms with Crippen LogP contribution < -0.4 is 15.2 Å². The van der Waals surface area contributed by atoms with Crippen LogP contribution in [0.2, 0.25) is 13.1 Å². The molecule has 6 rings (SSSR count). The van der Waals surface area contributed by atoms with Crippen molar-refractivity contribution < 1.29 is 59.1 Å². The first-order valence-corrected chi connectivity index (χ1v) is 16.7. The molecule has 2 aromatic rings. The highest BCUT2D eigenvalue weighted by Gasteiger charge is 2.51. The van der Waals surface area contributed by atoms with Crippen LogP contribution in [0.4, 0.5) is 18.9 Å². The second kappa shape index (κ2) is 12.3. The second-order valence-electron chi connectivity index (χ2n) is 10.9. The van der Waals surface area contributed by atoms with Gasteiger partial charge in [-0.25, -0.2) is 24.3 Å². The summed E-state index contributed by atoms with van der Waals surface area (Å²) in [5.41, 5.74) is -10.6. The van der Waals surface area contributed by atoms with E-state index < -0.39 is 129 Å². The third kappa shape index (κ3) is 5.12. The maximum Gasteiger partial charge on any atom is 0.460 e. The number of nitrogens with zero attached hydrogens (tertiary/aromatic N) is 4. The first-order chi connectivity index (χ1) is 28.5. The SMILES string of the molecule is [2H]C1([2H])N(c2ccc3c(c2)[Si](C)(C)C2=CC(=[N+]4C([2H])([2H])C([2H])([2H])C([2H])([2H])C4([2H])[2H])C=CC2=C3c2c(F)c(C(C#N)([N+]#[C-])OCOC)c(F)c(F)c2C(=O)[O-])C([2H])([2H])C([2H])([2H])C1([2H])[2H]. The van der Waals surface area contributed by atoms with Crippen molar-refractivity contribution in [3.8, 4) is 6.07 Å². The number of ether oxygens (including phenoxy) is 2. The highest BCUT2D eigenvalue weighted by molar-refractivity contribution is 6.98. The molecule has 0 spiro atoms. The van der Waals surface area contributed by atoms with Gasteiger partial charge in [-0.15, -0.1) is 0 Å². The molecule has 0 bridgehead atoms. The number of hydrogen-bond acceptors (Lipinski definition) is 6. The fourth-order valence-corrected chi connectivity index (χ4v) is 8.89. The van der Waals surface area contributed by atoms with E-state index in [0.29, 0.717) is 0 Å². The number of hydrogen-bond donors (Lipinski definition) is 0. The Morgan fingerprint density at radius 3 is 2.49 bits per heavy atom. The van der Waals surface area contributed by atoms with E-state index >= 15 is 13.2 Å². The van der Waals surface area contributed by atoms with Crippen LogP contribution in [0.25, 0.3) is 10.4 Å². The summed E-state index contributed by atoms with van der Waals surface area (Å²) in [6, 6.07) is 4.24. The van der Waals surface area contributed by atoms with Crippen molar-refractivity contribution in [1.29, 1.82) is 5.26 Å². The summed E-state index contributed by atoms with van der Waals surface area (Å²) in [5.74, 6) is -9.30. The summed E-state index contributed by atoms with van der Waals surface area (Å²) in [4.78, 5) is 15.9. The van der Waals surface area contributed by atoms with Gasteiger partial charge in [0.05, 0.1) is 5.97 Å². The molecule has 12 heteroatoms. The number of halogens is 3. The topological polar surface area (TPSA) is 93.0 Å². The minimum atomic E-state index is -3.80. The molecule has 2 aromatic carbocycles. The highest BCUT2D eigenvalue weighted by Crippen LogP contribution is 2.46. The standard InChI is InChI=1S/C35H33F3N4O4Si/c1-40-35(19-39,46-20-45-2)30-31(36)28(29(34(43)44)32(37)33(30)38)27-23-11-9-21(41-13-5-6-14-41)17-25(23)47(3,4)26-18-22(10-12-24(26)27)42-15-7-8-16-42/h9-12,17-18H,5-8,13-16,20H2,2-4H3/i5D2,6D2,7D2,8D2,13D2,14D2,15D2,16D2. The van der Waals surface area contributed by atoms with Crippen LogP contribution in [0, 0.1) is 35.4 Å². The highest BCUT2D eigenvalue weighted by atomic mass is 28.3. The van der Waals surface area contributed by atoms with Gasteiger partial charge in [-0.05, 0) is 58.0 Å². The van der Waals surface area contributed by atoms with Gasteiger partial charge in [0.25, 0.3) is 0 Å². The summed E-state index contributed by atoms with van der Waals surface area (Å²) >= 11 is 0. The number of fused-ring (bicyclic) bond motifs is 2. The number of allylic oxidation sites excluding steroid dienone is 5. The fourth-order valence-electron chi connectivity index (χ4n) is 5.82. The molecule has 47 heavy (non-hydrogen) atoms. The number of benzene rings is 2. The molecule has 2 saturated heterocycles. The van der Waals surface area contributed by atoms with Crippen molar-refractivity contribution in [1.82, 2.24) is 0 Å². The summed E-state index contributed by atoms with van der Waals surface area (Å²) in [5, 5.41) is 22.7. The van der Waals surface area contributed by atoms with Gasteiger partial charge in [0.2, 0.25) is 0 Å². The molecule has 0 saturated carbocycles. The Labute approximate surface area is 294 Å². The minimum Gasteiger partial charge on any atom is -0.545 e. The maximum atomic E-state index is 17.5. The Bertz CT molecular complexity index is 2570. The molecule has 8 nitrogen and oxygen atoms in total. The lowest BCUT2D eigenvalue weighted by Gasteiger charge is -2.39. The Balaban J connectivity index is 1.83. The predicted molar refractivity (Wildman–Crippen MR) is 170 cm³/mol. The molecule has 2 fully saturated rings. The Kier molecular flexibility index (Phi) is 4.74. The van der Waals surface area contributed by atoms with Crippen LogP contribution in [0.3, 0.4) is 0 Å². The van der Waals surface area contributed by atoms with Crippen LogP contribution in [-0.2, 0) is 15.2 Å². The maximum absolute atomic E-state index is 17.5. The van der Waals surface area contributed by atoms with Crippen molar-refractivity contribution in [2.75, 3.05) is 44.8 Å². The molecule has 3 aliphatic heterocycles. The van der Waals surface area contributed by atoms with Crippen LogP contribution in [0.1, 0.15) is 74.5 Å². The van der Waals surface area contributed by atoms with Crippen molar-refractivity contribution in [3.63, 3.8) is 0 Å². The zero-order valence-corrected chi connectivity index (χ0v) is 25.7. The number of aromatic carboxylic acids is 1. The molecule has 0 amide bonds. The number of rotatable bonds is 7. The van der Waals surface area contributed by atoms with Crippen LogP contribution in [-0.4, -0.2) is 64.2 Å². The fraction of sp³-hybridized carbons (Fsp3) is 0.371. The van der Waals surface area contributed by atoms with Gasteiger partial charge in [-0.1, -0.05) is 19.2 Å². The number of nitriles is 1. The van der Waals surface area contributed by atoms with Crippen LogP contribution in [0.5, 0.6) is 0 Å². The lowest BCUT2D eigenvalue weighted by Crippen LogP contribution is -2.50. The molecule has 1 atom stereocenters. The Morgan fingerprint density at radius 2 is 1.87 bits per heavy atom. The minimum absolute atomic E-state index is 0.0975. The lowest BCUT2D eigenvalue weighted by molar-refractivity contribution is -0.504. The number of anilines is 1. The van der Waals surface area contributed by atoms with E-state index in [2.05, 4.69) is 4.85 Å². The van der Waals surface area contributed by atoms with E-state index in [1.165, 1.54) is 19.2 Å². The quantitative estimate of drug-likeness (QED) is 0.143. The van der Waals surface area contributed by atoms with Gasteiger partial charge in [-0.3, -0.25) is 9.58 Å². The number of carbonyl (C=O) groups is 1. The summed E-state index contributed by atoms with van der Waals surface area (Å²) in [7, 11) is -2.80. The first kappa shape index (κ1) is 18.2. The van der Waals surface area contributed by atoms with Gasteiger partial charge in [0, 0.05) is 78.3 Å². The van der Waals surface area contributed by atoms with E-state index in [1.807, 2.05) is 0 Å². The smallest absolute Gasteiger partial charge is 0.460 e. The zero-order chi connectivity index (χ0) is 48.0. The van der Waals surface area contributed by atoms with Gasteiger partial charge < -0.3 is 19.5 Å². The number of carboxylic acids is 1. The third-order valence-electron chi connectivity index (χ3n) is 8.01. The second-order valence-corrected chi connectivity index (χ2v) is 15.2. The molecule has 0 N–H and O–H groups in total. The van der Waals surface area contributed by atoms with Gasteiger partial charge >= 0.3 is 5.72 Å². The largest absolute Gasteiger partial charge is 0.545 e. The molecule has 3 heterocycles. The van der Waals surface area contributed by atoms with E-state index in [9.17, 15) is 15.2 Å². The number of carbonyl (C=O) groups excluding carboxylic acids is 1. The summed E-state index contributed by atoms with van der Waals surface area (Å²) < 4.78 is 195. The van der Waals surface area contributed by atoms with Crippen LogP contribution >= 0.6 is 0 Å². The molecule has 4 aliphatic rings. The Morgan fingerprint density at radius 1 is 1.17 bits per heavy atom. The zero-order valence-electron chi connectivity index (χ0n) is 40.7. The monoisotopic (exact) mass is 674 g/mol. The van der Waals surface area contributed by atoms with Gasteiger partial charge in [-0.2, -0.15) is 5.26 Å². The van der Waals surface area contributed by atoms with Gasteiger partial charge in [0.1, 0.15) is 32.4 Å². The average molecular weight is 675 g/mol. The van der Waals surface area contributed by atoms with Crippen molar-refractivity contribution in [2.45, 2.75) is 44.3 Å². The van der Waals surface area contributed by atoms with Gasteiger partial charge in [0.15, 0.2) is 35.8 Å². The van der Waals surface area contributed by atoms with Crippen LogP contribution in [0.15, 0.2) is 47.2 Å². The number of carboxylic acid groups (broad SMARTS) is 1. The van der Waals surface area contributed by atoms with Crippen molar-refractivity contribution >= 4 is 36.2 Å². The predicted octanol–water partition coefficient (Wildman–Crippen LogP) is 4.30. The molecule has 1 aliphatic carbocycles. The molecular weight excluding hydrogens is 625 g/mol. The van der Waals surface area contributed by atoms with Crippen molar-refractivity contribution in [3.05, 3.63) is 98.3 Å². The van der Waals surface area contributed by atoms with Crippen molar-refractivity contribution in [2.24, 2.45) is 0 Å². The summed E-state index contributed by atoms with van der Waals surface area (Å²) in [6.45, 7) is -4.08. The van der Waals surface area contributed by atoms with E-state index in [0.717, 1.165) is 43.5 Å². The normalized spacial score (nSPS) is 33.2. The Hall–Kier alpha value is -4.49. The first-order valence-electron chi connectivity index (χ1n) is 21.7. The molecule has 0 radical (unpaired) electrons. The molecule has 0 aromatic heterocycles. The molecular formula is C35H33F3N4O4Si.